The van der Waals surface area contributed by atoms with E-state index in [-0.39, 0.29) is 17.9 Å². The minimum Gasteiger partial charge on any atom is -0.462 e. The van der Waals surface area contributed by atoms with E-state index >= 15 is 0 Å². The van der Waals surface area contributed by atoms with Crippen molar-refractivity contribution in [3.63, 3.8) is 0 Å². The van der Waals surface area contributed by atoms with Gasteiger partial charge in [0, 0.05) is 22.8 Å². The van der Waals surface area contributed by atoms with Crippen molar-refractivity contribution in [2.45, 2.75) is 20.4 Å². The van der Waals surface area contributed by atoms with Gasteiger partial charge in [-0.05, 0) is 37.6 Å². The molecule has 0 aliphatic heterocycles. The third kappa shape index (κ3) is 5.67. The largest absolute Gasteiger partial charge is 0.462 e. The van der Waals surface area contributed by atoms with Crippen LogP contribution in [0.25, 0.3) is 11.1 Å². The van der Waals surface area contributed by atoms with E-state index in [1.807, 2.05) is 37.3 Å². The van der Waals surface area contributed by atoms with Crippen molar-refractivity contribution in [1.82, 2.24) is 9.78 Å². The Kier molecular flexibility index (Phi) is 7.41. The van der Waals surface area contributed by atoms with E-state index in [9.17, 15) is 14.4 Å². The molecular weight excluding hydrogens is 470 g/mol. The van der Waals surface area contributed by atoms with Gasteiger partial charge in [-0.15, -0.1) is 11.3 Å². The molecule has 180 valence electrons. The number of furan rings is 1. The number of carbonyl (C=O) groups is 3. The fourth-order valence-electron chi connectivity index (χ4n) is 3.47. The molecule has 1 aromatic carbocycles. The first-order valence-electron chi connectivity index (χ1n) is 10.8. The number of ether oxygens (including phenoxy) is 2. The van der Waals surface area contributed by atoms with Gasteiger partial charge < -0.3 is 19.2 Å². The molecule has 35 heavy (non-hydrogen) atoms. The zero-order chi connectivity index (χ0) is 24.8. The summed E-state index contributed by atoms with van der Waals surface area (Å²) in [6.07, 6.45) is 3.41. The number of esters is 2. The lowest BCUT2D eigenvalue weighted by atomic mass is 10.0. The highest BCUT2D eigenvalue weighted by atomic mass is 32.1. The summed E-state index contributed by atoms with van der Waals surface area (Å²) in [5.74, 6) is -1.40. The number of aromatic nitrogens is 2. The van der Waals surface area contributed by atoms with Gasteiger partial charge in [0.1, 0.15) is 16.3 Å². The van der Waals surface area contributed by atoms with Crippen LogP contribution in [0.2, 0.25) is 0 Å². The number of thiophene rings is 1. The monoisotopic (exact) mass is 493 g/mol. The van der Waals surface area contributed by atoms with Gasteiger partial charge in [0.15, 0.2) is 6.61 Å². The van der Waals surface area contributed by atoms with Gasteiger partial charge in [-0.1, -0.05) is 30.3 Å². The first-order valence-corrected chi connectivity index (χ1v) is 11.7. The van der Waals surface area contributed by atoms with E-state index in [1.54, 1.807) is 36.1 Å². The van der Waals surface area contributed by atoms with Crippen LogP contribution in [0, 0.1) is 6.92 Å². The zero-order valence-electron chi connectivity index (χ0n) is 19.1. The molecule has 0 bridgehead atoms. The van der Waals surface area contributed by atoms with Crippen molar-refractivity contribution in [3.05, 3.63) is 82.9 Å². The number of anilines is 1. The highest BCUT2D eigenvalue weighted by molar-refractivity contribution is 7.17. The average molecular weight is 494 g/mol. The van der Waals surface area contributed by atoms with Crippen LogP contribution in [0.15, 0.2) is 65.3 Å². The molecule has 4 rings (SSSR count). The highest BCUT2D eigenvalue weighted by Gasteiger charge is 2.26. The smallest absolute Gasteiger partial charge is 0.374 e. The molecule has 0 aliphatic carbocycles. The van der Waals surface area contributed by atoms with E-state index < -0.39 is 24.5 Å². The van der Waals surface area contributed by atoms with Crippen molar-refractivity contribution >= 4 is 34.2 Å². The number of amides is 1. The number of nitrogens with one attached hydrogen (secondary N) is 1. The van der Waals surface area contributed by atoms with Crippen molar-refractivity contribution in [1.29, 1.82) is 0 Å². The molecule has 1 N–H and O–H groups in total. The standard InChI is InChI=1S/C25H23N3O6S/c1-3-32-25(31)22-21(17-8-5-4-6-9-17)16(2)35-23(22)27-20(29)15-33-24(30)19-11-10-18(34-19)14-28-13-7-12-26-28/h4-13H,3,14-15H2,1-2H3,(H,27,29). The Morgan fingerprint density at radius 2 is 1.86 bits per heavy atom. The Morgan fingerprint density at radius 1 is 1.06 bits per heavy atom. The minimum atomic E-state index is -0.773. The van der Waals surface area contributed by atoms with E-state index in [0.717, 1.165) is 10.4 Å². The third-order valence-electron chi connectivity index (χ3n) is 4.95. The lowest BCUT2D eigenvalue weighted by Gasteiger charge is -2.09. The van der Waals surface area contributed by atoms with Gasteiger partial charge in [0.05, 0.1) is 13.2 Å². The molecule has 3 heterocycles. The second-order valence-corrected chi connectivity index (χ2v) is 8.64. The van der Waals surface area contributed by atoms with Crippen molar-refractivity contribution < 1.29 is 28.3 Å². The fourth-order valence-corrected chi connectivity index (χ4v) is 4.55. The molecule has 0 spiro atoms. The van der Waals surface area contributed by atoms with Gasteiger partial charge >= 0.3 is 11.9 Å². The number of carbonyl (C=O) groups excluding carboxylic acids is 3. The minimum absolute atomic E-state index is 0.0227. The molecule has 0 fully saturated rings. The van der Waals surface area contributed by atoms with E-state index in [0.29, 0.717) is 22.9 Å². The predicted molar refractivity (Wildman–Crippen MR) is 129 cm³/mol. The van der Waals surface area contributed by atoms with Crippen molar-refractivity contribution in [3.8, 4) is 11.1 Å². The molecule has 0 unspecified atom stereocenters. The summed E-state index contributed by atoms with van der Waals surface area (Å²) in [6.45, 7) is 3.58. The van der Waals surface area contributed by atoms with Crippen LogP contribution in [0.4, 0.5) is 5.00 Å². The average Bonchev–Trinajstić information content (AvgIpc) is 3.59. The molecule has 0 saturated heterocycles. The Bertz CT molecular complexity index is 1320. The maximum atomic E-state index is 12.8. The Balaban J connectivity index is 1.44. The predicted octanol–water partition coefficient (Wildman–Crippen LogP) is 4.53. The van der Waals surface area contributed by atoms with Gasteiger partial charge in [-0.2, -0.15) is 5.10 Å². The maximum Gasteiger partial charge on any atom is 0.374 e. The van der Waals surface area contributed by atoms with Gasteiger partial charge in [0.2, 0.25) is 5.76 Å². The second kappa shape index (κ2) is 10.8. The summed E-state index contributed by atoms with van der Waals surface area (Å²) in [5, 5.41) is 7.09. The van der Waals surface area contributed by atoms with Gasteiger partial charge in [0.25, 0.3) is 5.91 Å². The fraction of sp³-hybridized carbons (Fsp3) is 0.200. The van der Waals surface area contributed by atoms with Crippen molar-refractivity contribution in [2.24, 2.45) is 0 Å². The number of hydrogen-bond acceptors (Lipinski definition) is 8. The van der Waals surface area contributed by atoms with Crippen LogP contribution in [0.5, 0.6) is 0 Å². The summed E-state index contributed by atoms with van der Waals surface area (Å²) >= 11 is 1.25. The Labute approximate surface area is 205 Å². The summed E-state index contributed by atoms with van der Waals surface area (Å²) in [5.41, 5.74) is 1.80. The number of aryl methyl sites for hydroxylation is 1. The summed E-state index contributed by atoms with van der Waals surface area (Å²) in [6, 6.07) is 14.3. The highest BCUT2D eigenvalue weighted by Crippen LogP contribution is 2.40. The van der Waals surface area contributed by atoms with Crippen LogP contribution >= 0.6 is 11.3 Å². The molecule has 4 aromatic rings. The van der Waals surface area contributed by atoms with E-state index in [2.05, 4.69) is 10.4 Å². The Hall–Kier alpha value is -4.18. The normalized spacial score (nSPS) is 10.7. The lowest BCUT2D eigenvalue weighted by Crippen LogP contribution is -2.21. The third-order valence-corrected chi connectivity index (χ3v) is 5.97. The summed E-state index contributed by atoms with van der Waals surface area (Å²) in [4.78, 5) is 38.5. The Morgan fingerprint density at radius 3 is 2.57 bits per heavy atom. The molecule has 10 heteroatoms. The molecule has 1 amide bonds. The molecule has 0 radical (unpaired) electrons. The van der Waals surface area contributed by atoms with Gasteiger partial charge in [-0.3, -0.25) is 9.48 Å². The molecule has 0 aliphatic rings. The van der Waals surface area contributed by atoms with E-state index in [1.165, 1.54) is 17.4 Å². The quantitative estimate of drug-likeness (QED) is 0.341. The lowest BCUT2D eigenvalue weighted by molar-refractivity contribution is -0.119. The zero-order valence-corrected chi connectivity index (χ0v) is 20.0. The van der Waals surface area contributed by atoms with Crippen LogP contribution in [-0.4, -0.2) is 40.8 Å². The number of benzene rings is 1. The second-order valence-electron chi connectivity index (χ2n) is 7.42. The topological polar surface area (TPSA) is 113 Å². The van der Waals surface area contributed by atoms with Crippen molar-refractivity contribution in [2.75, 3.05) is 18.5 Å². The van der Waals surface area contributed by atoms with Crippen LogP contribution in [0.3, 0.4) is 0 Å². The van der Waals surface area contributed by atoms with E-state index in [4.69, 9.17) is 13.9 Å². The molecular formula is C25H23N3O6S. The number of nitrogens with zero attached hydrogens (tertiary/aromatic N) is 2. The molecule has 3 aromatic heterocycles. The van der Waals surface area contributed by atoms with Crippen LogP contribution < -0.4 is 5.32 Å². The molecule has 0 saturated carbocycles. The van der Waals surface area contributed by atoms with Gasteiger partial charge in [-0.25, -0.2) is 9.59 Å². The molecule has 9 nitrogen and oxygen atoms in total. The first-order chi connectivity index (χ1) is 17.0. The summed E-state index contributed by atoms with van der Waals surface area (Å²) < 4.78 is 17.5. The summed E-state index contributed by atoms with van der Waals surface area (Å²) in [7, 11) is 0. The molecule has 0 atom stereocenters. The first kappa shape index (κ1) is 24.0. The SMILES string of the molecule is CCOC(=O)c1c(NC(=O)COC(=O)c2ccc(Cn3cccn3)o2)sc(C)c1-c1ccccc1. The van der Waals surface area contributed by atoms with Crippen LogP contribution in [0.1, 0.15) is 38.5 Å². The maximum absolute atomic E-state index is 12.8. The number of rotatable bonds is 9. The number of hydrogen-bond donors (Lipinski definition) is 1. The van der Waals surface area contributed by atoms with Crippen LogP contribution in [-0.2, 0) is 20.8 Å².